The van der Waals surface area contributed by atoms with E-state index >= 15 is 0 Å². The fourth-order valence-electron chi connectivity index (χ4n) is 4.49. The van der Waals surface area contributed by atoms with Crippen molar-refractivity contribution in [3.8, 4) is 0 Å². The number of rotatable bonds is 8. The molecule has 3 N–H and O–H groups in total. The molecule has 0 unspecified atom stereocenters. The van der Waals surface area contributed by atoms with E-state index in [2.05, 4.69) is 10.6 Å². The zero-order valence-corrected chi connectivity index (χ0v) is 19.2. The monoisotopic (exact) mass is 464 g/mol. The largest absolute Gasteiger partial charge is 0.481 e. The Kier molecular flexibility index (Phi) is 7.40. The fourth-order valence-corrected chi connectivity index (χ4v) is 5.47. The van der Waals surface area contributed by atoms with Crippen LogP contribution in [-0.2, 0) is 4.79 Å². The van der Waals surface area contributed by atoms with E-state index in [9.17, 15) is 14.4 Å². The van der Waals surface area contributed by atoms with Crippen molar-refractivity contribution in [2.24, 2.45) is 5.92 Å². The van der Waals surface area contributed by atoms with Crippen molar-refractivity contribution >= 4 is 39.2 Å². The summed E-state index contributed by atoms with van der Waals surface area (Å²) in [5.74, 6) is -0.302. The molecule has 0 atom stereocenters. The Labute approximate surface area is 197 Å². The van der Waals surface area contributed by atoms with E-state index in [1.165, 1.54) is 16.9 Å². The summed E-state index contributed by atoms with van der Waals surface area (Å²) in [6.07, 6.45) is 4.11. The highest BCUT2D eigenvalue weighted by atomic mass is 32.1. The predicted molar refractivity (Wildman–Crippen MR) is 130 cm³/mol. The quantitative estimate of drug-likeness (QED) is 0.417. The van der Waals surface area contributed by atoms with Gasteiger partial charge in [-0.05, 0) is 72.7 Å². The molecule has 4 rings (SSSR count). The molecule has 1 saturated carbocycles. The zero-order valence-electron chi connectivity index (χ0n) is 18.4. The number of hydrogen-bond acceptors (Lipinski definition) is 4. The summed E-state index contributed by atoms with van der Waals surface area (Å²) in [6, 6.07) is 17.4. The highest BCUT2D eigenvalue weighted by molar-refractivity contribution is 7.20. The van der Waals surface area contributed by atoms with Gasteiger partial charge in [0, 0.05) is 29.8 Å². The number of thiophene rings is 1. The van der Waals surface area contributed by atoms with E-state index in [4.69, 9.17) is 5.11 Å². The number of amides is 2. The average molecular weight is 465 g/mol. The fraction of sp³-hybridized carbons (Fsp3) is 0.346. The smallest absolute Gasteiger partial charge is 0.303 e. The van der Waals surface area contributed by atoms with Crippen LogP contribution in [0.2, 0.25) is 0 Å². The number of carbonyl (C=O) groups excluding carboxylic acids is 2. The Morgan fingerprint density at radius 1 is 0.879 bits per heavy atom. The summed E-state index contributed by atoms with van der Waals surface area (Å²) in [4.78, 5) is 36.3. The first kappa shape index (κ1) is 23.0. The van der Waals surface area contributed by atoms with Crippen molar-refractivity contribution in [1.82, 2.24) is 10.6 Å². The Balaban J connectivity index is 1.20. The Hall–Kier alpha value is -3.19. The molecule has 1 aliphatic carbocycles. The minimum atomic E-state index is -0.714. The summed E-state index contributed by atoms with van der Waals surface area (Å²) in [6.45, 7) is 0.710. The molecule has 3 aromatic rings. The molecule has 6 nitrogen and oxygen atoms in total. The first-order valence-corrected chi connectivity index (χ1v) is 12.2. The number of carboxylic acids is 1. The van der Waals surface area contributed by atoms with Gasteiger partial charge in [0.05, 0.1) is 4.88 Å². The van der Waals surface area contributed by atoms with Gasteiger partial charge in [-0.1, -0.05) is 30.3 Å². The highest BCUT2D eigenvalue weighted by Gasteiger charge is 2.24. The summed E-state index contributed by atoms with van der Waals surface area (Å²) < 4.78 is 1.08. The zero-order chi connectivity index (χ0) is 23.2. The van der Waals surface area contributed by atoms with Gasteiger partial charge in [0.1, 0.15) is 0 Å². The van der Waals surface area contributed by atoms with Crippen LogP contribution < -0.4 is 10.6 Å². The standard InChI is InChI=1S/C26H28N2O4S/c29-24(30)15-17-5-7-18(8-6-17)19-9-11-20(12-10-19)25(31)27-13-14-28-26(32)23-16-21-3-1-2-4-22(21)33-23/h1-4,9-12,16-18H,5-8,13-15H2,(H,27,31)(H,28,32)(H,29,30). The molecule has 0 spiro atoms. The summed E-state index contributed by atoms with van der Waals surface area (Å²) in [5, 5.41) is 15.7. The lowest BCUT2D eigenvalue weighted by Crippen LogP contribution is -2.34. The molecule has 0 aliphatic heterocycles. The van der Waals surface area contributed by atoms with Gasteiger partial charge in [0.25, 0.3) is 11.8 Å². The molecular weight excluding hydrogens is 436 g/mol. The van der Waals surface area contributed by atoms with E-state index in [0.29, 0.717) is 29.4 Å². The molecule has 0 bridgehead atoms. The maximum absolute atomic E-state index is 12.4. The molecule has 2 aromatic carbocycles. The van der Waals surface area contributed by atoms with Gasteiger partial charge in [0.15, 0.2) is 0 Å². The Morgan fingerprint density at radius 2 is 1.55 bits per heavy atom. The molecular formula is C26H28N2O4S. The number of benzene rings is 2. The third-order valence-corrected chi connectivity index (χ3v) is 7.41. The number of carbonyl (C=O) groups is 3. The number of aliphatic carboxylic acids is 1. The van der Waals surface area contributed by atoms with E-state index in [-0.39, 0.29) is 24.2 Å². The van der Waals surface area contributed by atoms with E-state index in [1.807, 2.05) is 54.6 Å². The third kappa shape index (κ3) is 5.99. The summed E-state index contributed by atoms with van der Waals surface area (Å²) >= 11 is 1.46. The van der Waals surface area contributed by atoms with Gasteiger partial charge in [-0.3, -0.25) is 14.4 Å². The number of fused-ring (bicyclic) bond motifs is 1. The van der Waals surface area contributed by atoms with Crippen LogP contribution in [-0.4, -0.2) is 36.0 Å². The van der Waals surface area contributed by atoms with Gasteiger partial charge in [-0.15, -0.1) is 11.3 Å². The Morgan fingerprint density at radius 3 is 2.21 bits per heavy atom. The van der Waals surface area contributed by atoms with Gasteiger partial charge in [0.2, 0.25) is 0 Å². The van der Waals surface area contributed by atoms with Crippen LogP contribution in [0.15, 0.2) is 54.6 Å². The molecule has 1 aromatic heterocycles. The van der Waals surface area contributed by atoms with E-state index in [0.717, 1.165) is 35.8 Å². The van der Waals surface area contributed by atoms with Crippen molar-refractivity contribution in [2.75, 3.05) is 13.1 Å². The molecule has 1 fully saturated rings. The first-order chi connectivity index (χ1) is 16.0. The molecule has 33 heavy (non-hydrogen) atoms. The minimum Gasteiger partial charge on any atom is -0.481 e. The van der Waals surface area contributed by atoms with Crippen molar-refractivity contribution in [3.63, 3.8) is 0 Å². The first-order valence-electron chi connectivity index (χ1n) is 11.4. The van der Waals surface area contributed by atoms with Crippen LogP contribution in [0.4, 0.5) is 0 Å². The predicted octanol–water partition coefficient (Wildman–Crippen LogP) is 4.81. The maximum atomic E-state index is 12.4. The minimum absolute atomic E-state index is 0.132. The lowest BCUT2D eigenvalue weighted by atomic mass is 9.77. The van der Waals surface area contributed by atoms with E-state index in [1.54, 1.807) is 0 Å². The Bertz CT molecular complexity index is 1100. The van der Waals surface area contributed by atoms with Gasteiger partial charge < -0.3 is 15.7 Å². The SMILES string of the molecule is O=C(O)CC1CCC(c2ccc(C(=O)NCCNC(=O)c3cc4ccccc4s3)cc2)CC1. The molecule has 1 heterocycles. The van der Waals surface area contributed by atoms with E-state index < -0.39 is 5.97 Å². The van der Waals surface area contributed by atoms with Crippen molar-refractivity contribution < 1.29 is 19.5 Å². The van der Waals surface area contributed by atoms with Crippen molar-refractivity contribution in [1.29, 1.82) is 0 Å². The lowest BCUT2D eigenvalue weighted by molar-refractivity contribution is -0.138. The van der Waals surface area contributed by atoms with Gasteiger partial charge >= 0.3 is 5.97 Å². The molecule has 7 heteroatoms. The van der Waals surface area contributed by atoms with Crippen LogP contribution >= 0.6 is 11.3 Å². The maximum Gasteiger partial charge on any atom is 0.303 e. The molecule has 0 saturated heterocycles. The molecule has 1 aliphatic rings. The van der Waals surface area contributed by atoms with Gasteiger partial charge in [-0.25, -0.2) is 0 Å². The molecule has 2 amide bonds. The van der Waals surface area contributed by atoms with Crippen molar-refractivity contribution in [2.45, 2.75) is 38.0 Å². The topological polar surface area (TPSA) is 95.5 Å². The van der Waals surface area contributed by atoms with Crippen LogP contribution in [0.5, 0.6) is 0 Å². The van der Waals surface area contributed by atoms with Gasteiger partial charge in [-0.2, -0.15) is 0 Å². The molecule has 0 radical (unpaired) electrons. The van der Waals surface area contributed by atoms with Crippen LogP contribution in [0.25, 0.3) is 10.1 Å². The van der Waals surface area contributed by atoms with Crippen LogP contribution in [0.3, 0.4) is 0 Å². The number of hydrogen-bond donors (Lipinski definition) is 3. The number of carboxylic acid groups (broad SMARTS) is 1. The normalized spacial score (nSPS) is 18.1. The average Bonchev–Trinajstić information content (AvgIpc) is 3.26. The molecule has 172 valence electrons. The highest BCUT2D eigenvalue weighted by Crippen LogP contribution is 2.37. The third-order valence-electron chi connectivity index (χ3n) is 6.30. The van der Waals surface area contributed by atoms with Crippen LogP contribution in [0.1, 0.15) is 63.6 Å². The van der Waals surface area contributed by atoms with Crippen molar-refractivity contribution in [3.05, 3.63) is 70.6 Å². The lowest BCUT2D eigenvalue weighted by Gasteiger charge is -2.28. The van der Waals surface area contributed by atoms with Crippen LogP contribution in [0, 0.1) is 5.92 Å². The summed E-state index contributed by atoms with van der Waals surface area (Å²) in [7, 11) is 0. The summed E-state index contributed by atoms with van der Waals surface area (Å²) in [5.41, 5.74) is 1.80. The second-order valence-corrected chi connectivity index (χ2v) is 9.68. The second kappa shape index (κ2) is 10.6. The second-order valence-electron chi connectivity index (χ2n) is 8.60. The number of nitrogens with one attached hydrogen (secondary N) is 2.